The smallest absolute Gasteiger partial charge is 0.254 e. The van der Waals surface area contributed by atoms with Crippen LogP contribution >= 0.6 is 12.4 Å². The molecule has 98 valence electrons. The number of carbonyl (C=O) groups excluding carboxylic acids is 1. The van der Waals surface area contributed by atoms with Gasteiger partial charge in [-0.15, -0.1) is 12.4 Å². The van der Waals surface area contributed by atoms with E-state index in [1.165, 1.54) is 6.07 Å². The molecule has 0 bridgehead atoms. The second-order valence-corrected chi connectivity index (χ2v) is 4.74. The van der Waals surface area contributed by atoms with E-state index < -0.39 is 0 Å². The first-order valence-corrected chi connectivity index (χ1v) is 6.04. The van der Waals surface area contributed by atoms with E-state index in [-0.39, 0.29) is 41.7 Å². The second-order valence-electron chi connectivity index (χ2n) is 4.74. The lowest BCUT2D eigenvalue weighted by atomic mass is 9.85. The normalized spacial score (nSPS) is 24.9. The molecule has 1 amide bonds. The summed E-state index contributed by atoms with van der Waals surface area (Å²) >= 11 is 0. The van der Waals surface area contributed by atoms with Crippen LogP contribution in [0.15, 0.2) is 12.1 Å². The van der Waals surface area contributed by atoms with Crippen LogP contribution in [-0.2, 0) is 6.42 Å². The lowest BCUT2D eigenvalue weighted by Crippen LogP contribution is -2.44. The van der Waals surface area contributed by atoms with E-state index in [0.29, 0.717) is 0 Å². The van der Waals surface area contributed by atoms with Crippen molar-refractivity contribution in [2.24, 2.45) is 0 Å². The summed E-state index contributed by atoms with van der Waals surface area (Å²) in [5, 5.41) is 6.12. The van der Waals surface area contributed by atoms with Crippen LogP contribution < -0.4 is 10.6 Å². The van der Waals surface area contributed by atoms with Crippen molar-refractivity contribution in [3.63, 3.8) is 0 Å². The van der Waals surface area contributed by atoms with Crippen LogP contribution in [0.3, 0.4) is 0 Å². The third-order valence-electron chi connectivity index (χ3n) is 3.75. The monoisotopic (exact) mass is 270 g/mol. The number of benzene rings is 1. The van der Waals surface area contributed by atoms with Gasteiger partial charge in [0.25, 0.3) is 5.91 Å². The first kappa shape index (κ1) is 13.3. The van der Waals surface area contributed by atoms with Gasteiger partial charge in [-0.05, 0) is 23.6 Å². The van der Waals surface area contributed by atoms with Crippen molar-refractivity contribution < 1.29 is 9.18 Å². The van der Waals surface area contributed by atoms with Crippen LogP contribution in [0, 0.1) is 5.82 Å². The Bertz CT molecular complexity index is 492. The van der Waals surface area contributed by atoms with Crippen LogP contribution in [0.5, 0.6) is 0 Å². The number of hydrogen-bond acceptors (Lipinski definition) is 2. The predicted molar refractivity (Wildman–Crippen MR) is 69.9 cm³/mol. The van der Waals surface area contributed by atoms with Crippen molar-refractivity contribution in [2.45, 2.75) is 25.3 Å². The lowest BCUT2D eigenvalue weighted by molar-refractivity contribution is 0.0919. The number of carbonyl (C=O) groups is 1. The molecule has 0 unspecified atom stereocenters. The number of hydrogen-bond donors (Lipinski definition) is 2. The highest BCUT2D eigenvalue weighted by Gasteiger charge is 2.38. The summed E-state index contributed by atoms with van der Waals surface area (Å²) < 4.78 is 13.9. The highest BCUT2D eigenvalue weighted by molar-refractivity contribution is 5.98. The molecular formula is C13H16ClFN2O. The molecule has 18 heavy (non-hydrogen) atoms. The highest BCUT2D eigenvalue weighted by atomic mass is 35.5. The summed E-state index contributed by atoms with van der Waals surface area (Å²) in [6.45, 7) is 3.58. The van der Waals surface area contributed by atoms with E-state index >= 15 is 0 Å². The Labute approximate surface area is 112 Å². The van der Waals surface area contributed by atoms with Gasteiger partial charge in [0.2, 0.25) is 0 Å². The molecule has 0 radical (unpaired) electrons. The van der Waals surface area contributed by atoms with Crippen LogP contribution in [0.4, 0.5) is 4.39 Å². The predicted octanol–water partition coefficient (Wildman–Crippen LogP) is 1.61. The summed E-state index contributed by atoms with van der Waals surface area (Å²) in [6, 6.07) is 3.57. The summed E-state index contributed by atoms with van der Waals surface area (Å²) in [5.41, 5.74) is 2.08. The molecule has 2 aliphatic rings. The minimum Gasteiger partial charge on any atom is -0.347 e. The number of rotatable bonds is 1. The SMILES string of the molecule is CCc1cc(F)c2c(c1)[C@H]1CNC[C@@H]1NC2=O.Cl. The molecule has 2 N–H and O–H groups in total. The zero-order valence-corrected chi connectivity index (χ0v) is 10.9. The van der Waals surface area contributed by atoms with Gasteiger partial charge in [0, 0.05) is 25.0 Å². The topological polar surface area (TPSA) is 41.1 Å². The number of nitrogens with one attached hydrogen (secondary N) is 2. The van der Waals surface area contributed by atoms with E-state index in [9.17, 15) is 9.18 Å². The highest BCUT2D eigenvalue weighted by Crippen LogP contribution is 2.32. The van der Waals surface area contributed by atoms with E-state index in [4.69, 9.17) is 0 Å². The molecule has 1 saturated heterocycles. The summed E-state index contributed by atoms with van der Waals surface area (Å²) in [7, 11) is 0. The van der Waals surface area contributed by atoms with Gasteiger partial charge in [-0.3, -0.25) is 4.79 Å². The number of amides is 1. The van der Waals surface area contributed by atoms with Gasteiger partial charge in [0.1, 0.15) is 5.82 Å². The van der Waals surface area contributed by atoms with E-state index in [1.54, 1.807) is 0 Å². The molecule has 5 heteroatoms. The first-order valence-electron chi connectivity index (χ1n) is 6.04. The molecular weight excluding hydrogens is 255 g/mol. The van der Waals surface area contributed by atoms with Gasteiger partial charge < -0.3 is 10.6 Å². The third-order valence-corrected chi connectivity index (χ3v) is 3.75. The zero-order chi connectivity index (χ0) is 12.0. The molecule has 1 aromatic carbocycles. The zero-order valence-electron chi connectivity index (χ0n) is 10.1. The Morgan fingerprint density at radius 3 is 2.89 bits per heavy atom. The van der Waals surface area contributed by atoms with Crippen molar-refractivity contribution in [1.29, 1.82) is 0 Å². The van der Waals surface area contributed by atoms with Gasteiger partial charge in [-0.25, -0.2) is 4.39 Å². The first-order chi connectivity index (χ1) is 8.20. The maximum absolute atomic E-state index is 13.9. The molecule has 0 spiro atoms. The van der Waals surface area contributed by atoms with Crippen LogP contribution in [0.1, 0.15) is 34.3 Å². The molecule has 2 atom stereocenters. The van der Waals surface area contributed by atoms with Gasteiger partial charge in [0.15, 0.2) is 0 Å². The fourth-order valence-corrected chi connectivity index (χ4v) is 2.82. The quantitative estimate of drug-likeness (QED) is 0.814. The van der Waals surface area contributed by atoms with E-state index in [0.717, 1.165) is 30.6 Å². The van der Waals surface area contributed by atoms with Crippen molar-refractivity contribution in [3.05, 3.63) is 34.6 Å². The maximum Gasteiger partial charge on any atom is 0.254 e. The second kappa shape index (κ2) is 4.86. The minimum atomic E-state index is -0.387. The number of aryl methyl sites for hydroxylation is 1. The van der Waals surface area contributed by atoms with E-state index in [2.05, 4.69) is 10.6 Å². The van der Waals surface area contributed by atoms with Crippen molar-refractivity contribution in [3.8, 4) is 0 Å². The average Bonchev–Trinajstić information content (AvgIpc) is 2.76. The molecule has 0 saturated carbocycles. The Balaban J connectivity index is 0.00000120. The molecule has 1 fully saturated rings. The van der Waals surface area contributed by atoms with E-state index in [1.807, 2.05) is 13.0 Å². The molecule has 0 aromatic heterocycles. The molecule has 0 aliphatic carbocycles. The summed E-state index contributed by atoms with van der Waals surface area (Å²) in [4.78, 5) is 11.9. The van der Waals surface area contributed by atoms with Gasteiger partial charge in [-0.1, -0.05) is 13.0 Å². The summed E-state index contributed by atoms with van der Waals surface area (Å²) in [6.07, 6.45) is 0.788. The molecule has 2 heterocycles. The van der Waals surface area contributed by atoms with Crippen LogP contribution in [0.2, 0.25) is 0 Å². The van der Waals surface area contributed by atoms with Crippen molar-refractivity contribution in [1.82, 2.24) is 10.6 Å². The van der Waals surface area contributed by atoms with Gasteiger partial charge in [-0.2, -0.15) is 0 Å². The molecule has 1 aromatic rings. The average molecular weight is 271 g/mol. The largest absolute Gasteiger partial charge is 0.347 e. The van der Waals surface area contributed by atoms with Gasteiger partial charge >= 0.3 is 0 Å². The Morgan fingerprint density at radius 1 is 1.39 bits per heavy atom. The van der Waals surface area contributed by atoms with Crippen LogP contribution in [0.25, 0.3) is 0 Å². The number of halogens is 2. The van der Waals surface area contributed by atoms with Crippen molar-refractivity contribution in [2.75, 3.05) is 13.1 Å². The Hall–Kier alpha value is -1.13. The molecule has 3 nitrogen and oxygen atoms in total. The Kier molecular flexibility index (Phi) is 3.59. The lowest BCUT2D eigenvalue weighted by Gasteiger charge is -2.28. The van der Waals surface area contributed by atoms with Crippen molar-refractivity contribution >= 4 is 18.3 Å². The number of fused-ring (bicyclic) bond motifs is 3. The van der Waals surface area contributed by atoms with Gasteiger partial charge in [0.05, 0.1) is 5.56 Å². The van der Waals surface area contributed by atoms with Crippen LogP contribution in [-0.4, -0.2) is 25.0 Å². The standard InChI is InChI=1S/C13H15FN2O.ClH/c1-2-7-3-8-9-5-15-6-11(9)16-13(17)12(8)10(14)4-7;/h3-4,9,11,15H,2,5-6H2,1H3,(H,16,17);1H/t9-,11+;/m1./s1. The third kappa shape index (κ3) is 1.89. The molecule has 2 aliphatic heterocycles. The summed E-state index contributed by atoms with van der Waals surface area (Å²) in [5.74, 6) is -0.448. The Morgan fingerprint density at radius 2 is 2.17 bits per heavy atom. The maximum atomic E-state index is 13.9. The minimum absolute atomic E-state index is 0. The fraction of sp³-hybridized carbons (Fsp3) is 0.462. The fourth-order valence-electron chi connectivity index (χ4n) is 2.82. The molecule has 3 rings (SSSR count).